The van der Waals surface area contributed by atoms with Crippen LogP contribution in [0.25, 0.3) is 11.2 Å². The van der Waals surface area contributed by atoms with Gasteiger partial charge in [-0.05, 0) is 6.92 Å². The van der Waals surface area contributed by atoms with Gasteiger partial charge >= 0.3 is 0 Å². The number of nitrogens with zero attached hydrogens (tertiary/aromatic N) is 5. The molecule has 8 heteroatoms. The fraction of sp³-hybridized carbons (Fsp3) is 0.385. The fourth-order valence-corrected chi connectivity index (χ4v) is 2.75. The number of imidazole rings is 1. The predicted octanol–water partition coefficient (Wildman–Crippen LogP) is 2.17. The molecular formula is C13H16N6OS. The molecule has 3 heterocycles. The molecule has 0 radical (unpaired) electrons. The van der Waals surface area contributed by atoms with Crippen LogP contribution in [0.4, 0.5) is 5.82 Å². The third kappa shape index (κ3) is 2.99. The van der Waals surface area contributed by atoms with Crippen LogP contribution in [0.2, 0.25) is 0 Å². The summed E-state index contributed by atoms with van der Waals surface area (Å²) in [4.78, 5) is 17.2. The molecule has 0 atom stereocenters. The second-order valence-electron chi connectivity index (χ2n) is 4.60. The second kappa shape index (κ2) is 5.72. The lowest BCUT2D eigenvalue weighted by Gasteiger charge is -2.06. The molecule has 21 heavy (non-hydrogen) atoms. The first-order valence-corrected chi connectivity index (χ1v) is 7.58. The minimum absolute atomic E-state index is 0.527. The minimum Gasteiger partial charge on any atom is -0.422 e. The molecular weight excluding hydrogens is 288 g/mol. The van der Waals surface area contributed by atoms with E-state index in [9.17, 15) is 0 Å². The zero-order chi connectivity index (χ0) is 14.8. The van der Waals surface area contributed by atoms with Crippen LogP contribution >= 0.6 is 11.8 Å². The largest absolute Gasteiger partial charge is 0.422 e. The predicted molar refractivity (Wildman–Crippen MR) is 81.5 cm³/mol. The highest BCUT2D eigenvalue weighted by Gasteiger charge is 2.11. The number of aryl methyl sites for hydroxylation is 3. The van der Waals surface area contributed by atoms with Gasteiger partial charge in [-0.1, -0.05) is 11.8 Å². The number of fused-ring (bicyclic) bond motifs is 1. The topological polar surface area (TPSA) is 81.7 Å². The summed E-state index contributed by atoms with van der Waals surface area (Å²) in [5.41, 5.74) is 1.21. The molecule has 7 nitrogen and oxygen atoms in total. The van der Waals surface area contributed by atoms with Crippen LogP contribution in [0, 0.1) is 13.8 Å². The van der Waals surface area contributed by atoms with Crippen molar-refractivity contribution in [3.05, 3.63) is 24.1 Å². The van der Waals surface area contributed by atoms with Crippen molar-refractivity contribution in [3.8, 4) is 0 Å². The summed E-state index contributed by atoms with van der Waals surface area (Å²) in [7, 11) is 1.98. The van der Waals surface area contributed by atoms with E-state index < -0.39 is 0 Å². The maximum absolute atomic E-state index is 5.45. The molecule has 0 saturated carbocycles. The first kappa shape index (κ1) is 13.9. The molecule has 0 bridgehead atoms. The maximum Gasteiger partial charge on any atom is 0.252 e. The highest BCUT2D eigenvalue weighted by molar-refractivity contribution is 7.99. The molecule has 3 rings (SSSR count). The lowest BCUT2D eigenvalue weighted by atomic mass is 10.4. The summed E-state index contributed by atoms with van der Waals surface area (Å²) in [5, 5.41) is 4.29. The van der Waals surface area contributed by atoms with Crippen LogP contribution in [0.15, 0.2) is 22.0 Å². The summed E-state index contributed by atoms with van der Waals surface area (Å²) in [6.45, 7) is 4.40. The first-order valence-electron chi connectivity index (χ1n) is 6.59. The van der Waals surface area contributed by atoms with Crippen LogP contribution in [0.3, 0.4) is 0 Å². The van der Waals surface area contributed by atoms with Gasteiger partial charge in [-0.25, -0.2) is 15.0 Å². The molecule has 0 spiro atoms. The van der Waals surface area contributed by atoms with Crippen LogP contribution in [-0.4, -0.2) is 36.8 Å². The number of hydrogen-bond acceptors (Lipinski definition) is 7. The Kier molecular flexibility index (Phi) is 3.78. The smallest absolute Gasteiger partial charge is 0.252 e. The minimum atomic E-state index is 0.527. The van der Waals surface area contributed by atoms with Crippen molar-refractivity contribution in [2.75, 3.05) is 17.6 Å². The number of thioether (sulfide) groups is 1. The molecule has 0 amide bonds. The van der Waals surface area contributed by atoms with E-state index in [2.05, 4.69) is 25.3 Å². The van der Waals surface area contributed by atoms with Gasteiger partial charge in [-0.15, -0.1) is 0 Å². The van der Waals surface area contributed by atoms with Gasteiger partial charge in [0.05, 0.1) is 0 Å². The third-order valence-corrected chi connectivity index (χ3v) is 3.94. The molecule has 0 saturated heterocycles. The van der Waals surface area contributed by atoms with E-state index in [0.29, 0.717) is 22.9 Å². The van der Waals surface area contributed by atoms with Gasteiger partial charge in [-0.3, -0.25) is 0 Å². The van der Waals surface area contributed by atoms with E-state index in [1.54, 1.807) is 24.9 Å². The molecule has 110 valence electrons. The van der Waals surface area contributed by atoms with Gasteiger partial charge in [-0.2, -0.15) is 4.98 Å². The standard InChI is InChI=1S/C13H16N6OS/c1-8-16-11(10-12(17-8)20-9(2)18-10)14-5-7-21-13-15-4-6-19(13)3/h4,6H,5,7H2,1-3H3,(H,14,16,17). The SMILES string of the molecule is Cc1nc(NCCSc2nccn2C)c2nc(C)oc2n1. The zero-order valence-corrected chi connectivity index (χ0v) is 12.9. The zero-order valence-electron chi connectivity index (χ0n) is 12.1. The van der Waals surface area contributed by atoms with E-state index >= 15 is 0 Å². The van der Waals surface area contributed by atoms with Gasteiger partial charge in [0.1, 0.15) is 5.82 Å². The van der Waals surface area contributed by atoms with E-state index in [4.69, 9.17) is 4.42 Å². The summed E-state index contributed by atoms with van der Waals surface area (Å²) in [6.07, 6.45) is 3.73. The number of anilines is 1. The molecule has 0 fully saturated rings. The molecule has 0 aromatic carbocycles. The van der Waals surface area contributed by atoms with E-state index in [1.165, 1.54) is 0 Å². The van der Waals surface area contributed by atoms with E-state index in [-0.39, 0.29) is 0 Å². The van der Waals surface area contributed by atoms with Gasteiger partial charge in [0.15, 0.2) is 22.4 Å². The molecule has 0 aliphatic rings. The van der Waals surface area contributed by atoms with E-state index in [1.807, 2.05) is 24.7 Å². The van der Waals surface area contributed by atoms with Crippen LogP contribution in [-0.2, 0) is 7.05 Å². The summed E-state index contributed by atoms with van der Waals surface area (Å²) >= 11 is 1.69. The maximum atomic E-state index is 5.45. The average Bonchev–Trinajstić information content (AvgIpc) is 3.00. The Labute approximate surface area is 126 Å². The van der Waals surface area contributed by atoms with Crippen molar-refractivity contribution in [3.63, 3.8) is 0 Å². The number of aromatic nitrogens is 5. The lowest BCUT2D eigenvalue weighted by Crippen LogP contribution is -2.08. The molecule has 3 aromatic rings. The normalized spacial score (nSPS) is 11.2. The van der Waals surface area contributed by atoms with Crippen LogP contribution in [0.5, 0.6) is 0 Å². The Bertz CT molecular complexity index is 765. The van der Waals surface area contributed by atoms with Crippen molar-refractivity contribution < 1.29 is 4.42 Å². The van der Waals surface area contributed by atoms with Gasteiger partial charge in [0.2, 0.25) is 0 Å². The van der Waals surface area contributed by atoms with Crippen LogP contribution < -0.4 is 5.32 Å². The number of oxazole rings is 1. The summed E-state index contributed by atoms with van der Waals surface area (Å²) < 4.78 is 7.45. The lowest BCUT2D eigenvalue weighted by molar-refractivity contribution is 0.550. The summed E-state index contributed by atoms with van der Waals surface area (Å²) in [5.74, 6) is 2.86. The Balaban J connectivity index is 1.66. The van der Waals surface area contributed by atoms with Gasteiger partial charge < -0.3 is 14.3 Å². The van der Waals surface area contributed by atoms with Gasteiger partial charge in [0.25, 0.3) is 5.71 Å². The Hall–Kier alpha value is -2.09. The highest BCUT2D eigenvalue weighted by Crippen LogP contribution is 2.21. The molecule has 3 aromatic heterocycles. The summed E-state index contributed by atoms with van der Waals surface area (Å²) in [6, 6.07) is 0. The highest BCUT2D eigenvalue weighted by atomic mass is 32.2. The van der Waals surface area contributed by atoms with Crippen molar-refractivity contribution >= 4 is 28.8 Å². The monoisotopic (exact) mass is 304 g/mol. The molecule has 0 aliphatic heterocycles. The first-order chi connectivity index (χ1) is 10.1. The average molecular weight is 304 g/mol. The van der Waals surface area contributed by atoms with Crippen molar-refractivity contribution in [1.29, 1.82) is 0 Å². The number of hydrogen-bond donors (Lipinski definition) is 1. The molecule has 1 N–H and O–H groups in total. The van der Waals surface area contributed by atoms with Crippen molar-refractivity contribution in [2.24, 2.45) is 7.05 Å². The third-order valence-electron chi connectivity index (χ3n) is 2.88. The Morgan fingerprint density at radius 1 is 1.29 bits per heavy atom. The van der Waals surface area contributed by atoms with E-state index in [0.717, 1.165) is 23.3 Å². The number of nitrogens with one attached hydrogen (secondary N) is 1. The second-order valence-corrected chi connectivity index (χ2v) is 5.66. The van der Waals surface area contributed by atoms with Gasteiger partial charge in [0, 0.05) is 38.7 Å². The number of rotatable bonds is 5. The Morgan fingerprint density at radius 2 is 2.14 bits per heavy atom. The fourth-order valence-electron chi connectivity index (χ4n) is 1.96. The van der Waals surface area contributed by atoms with Crippen molar-refractivity contribution in [1.82, 2.24) is 24.5 Å². The van der Waals surface area contributed by atoms with Crippen LogP contribution in [0.1, 0.15) is 11.7 Å². The quantitative estimate of drug-likeness (QED) is 0.571. The van der Waals surface area contributed by atoms with Crippen molar-refractivity contribution in [2.45, 2.75) is 19.0 Å². The Morgan fingerprint density at radius 3 is 2.90 bits per heavy atom. The molecule has 0 unspecified atom stereocenters. The molecule has 0 aliphatic carbocycles.